The Morgan fingerprint density at radius 1 is 1.10 bits per heavy atom. The van der Waals surface area contributed by atoms with Crippen molar-refractivity contribution in [1.82, 2.24) is 15.1 Å². The summed E-state index contributed by atoms with van der Waals surface area (Å²) in [6.45, 7) is 3.38. The summed E-state index contributed by atoms with van der Waals surface area (Å²) in [4.78, 5) is 16.9. The van der Waals surface area contributed by atoms with Crippen molar-refractivity contribution in [3.8, 4) is 11.5 Å². The van der Waals surface area contributed by atoms with Crippen molar-refractivity contribution in [2.75, 3.05) is 47.4 Å². The number of nitrogens with one attached hydrogen (secondary N) is 1. The van der Waals surface area contributed by atoms with Gasteiger partial charge in [0.1, 0.15) is 11.5 Å². The average Bonchev–Trinajstić information content (AvgIpc) is 2.74. The van der Waals surface area contributed by atoms with Crippen LogP contribution in [0.25, 0.3) is 0 Å². The van der Waals surface area contributed by atoms with Crippen molar-refractivity contribution in [1.29, 1.82) is 0 Å². The lowest BCUT2D eigenvalue weighted by molar-refractivity contribution is -0.132. The summed E-state index contributed by atoms with van der Waals surface area (Å²) >= 11 is 0. The number of para-hydroxylation sites is 2. The summed E-state index contributed by atoms with van der Waals surface area (Å²) < 4.78 is 10.9. The van der Waals surface area contributed by atoms with Gasteiger partial charge in [-0.25, -0.2) is 0 Å². The summed E-state index contributed by atoms with van der Waals surface area (Å²) in [5, 5.41) is 3.43. The first-order chi connectivity index (χ1) is 13.6. The standard InChI is InChI=1S/C22H29N3O3.ClH/c1-24(15-17-8-4-6-10-20(17)27-2)22(26)16-25-13-12-23-14-19(25)18-9-5-7-11-21(18)28-3;/h4-11,19,23H,12-16H2,1-3H3;1H. The van der Waals surface area contributed by atoms with Crippen LogP contribution in [0.4, 0.5) is 0 Å². The van der Waals surface area contributed by atoms with E-state index < -0.39 is 0 Å². The number of piperazine rings is 1. The van der Waals surface area contributed by atoms with Crippen LogP contribution in [0.1, 0.15) is 17.2 Å². The van der Waals surface area contributed by atoms with E-state index in [0.717, 1.165) is 42.3 Å². The van der Waals surface area contributed by atoms with Crippen LogP contribution in [-0.2, 0) is 11.3 Å². The highest BCUT2D eigenvalue weighted by Gasteiger charge is 2.28. The zero-order valence-electron chi connectivity index (χ0n) is 17.3. The maximum atomic E-state index is 12.9. The minimum atomic E-state index is 0. The lowest BCUT2D eigenvalue weighted by atomic mass is 10.0. The summed E-state index contributed by atoms with van der Waals surface area (Å²) in [6, 6.07) is 15.9. The molecule has 29 heavy (non-hydrogen) atoms. The smallest absolute Gasteiger partial charge is 0.236 e. The van der Waals surface area contributed by atoms with Gasteiger partial charge in [-0.2, -0.15) is 0 Å². The Morgan fingerprint density at radius 2 is 1.76 bits per heavy atom. The summed E-state index contributed by atoms with van der Waals surface area (Å²) in [5.41, 5.74) is 2.11. The number of hydrogen-bond donors (Lipinski definition) is 1. The van der Waals surface area contributed by atoms with Gasteiger partial charge in [0.15, 0.2) is 0 Å². The summed E-state index contributed by atoms with van der Waals surface area (Å²) in [7, 11) is 5.18. The van der Waals surface area contributed by atoms with E-state index in [9.17, 15) is 4.79 Å². The number of hydrogen-bond acceptors (Lipinski definition) is 5. The average molecular weight is 420 g/mol. The molecule has 1 aliphatic rings. The second-order valence-electron chi connectivity index (χ2n) is 6.99. The predicted molar refractivity (Wildman–Crippen MR) is 117 cm³/mol. The normalized spacial score (nSPS) is 16.6. The molecule has 0 bridgehead atoms. The van der Waals surface area contributed by atoms with E-state index in [2.05, 4.69) is 16.3 Å². The number of nitrogens with zero attached hydrogens (tertiary/aromatic N) is 2. The van der Waals surface area contributed by atoms with E-state index in [1.807, 2.05) is 49.5 Å². The molecule has 1 aliphatic heterocycles. The van der Waals surface area contributed by atoms with Gasteiger partial charge < -0.3 is 19.7 Å². The summed E-state index contributed by atoms with van der Waals surface area (Å²) in [6.07, 6.45) is 0. The first-order valence-electron chi connectivity index (χ1n) is 9.57. The van der Waals surface area contributed by atoms with Crippen LogP contribution in [0.2, 0.25) is 0 Å². The molecule has 0 aromatic heterocycles. The van der Waals surface area contributed by atoms with E-state index in [1.165, 1.54) is 0 Å². The van der Waals surface area contributed by atoms with Gasteiger partial charge in [-0.05, 0) is 12.1 Å². The molecular weight excluding hydrogens is 390 g/mol. The van der Waals surface area contributed by atoms with Crippen molar-refractivity contribution in [3.05, 3.63) is 59.7 Å². The van der Waals surface area contributed by atoms with E-state index in [4.69, 9.17) is 9.47 Å². The van der Waals surface area contributed by atoms with Gasteiger partial charge >= 0.3 is 0 Å². The molecule has 3 rings (SSSR count). The van der Waals surface area contributed by atoms with E-state index in [0.29, 0.717) is 13.1 Å². The van der Waals surface area contributed by atoms with Crippen LogP contribution < -0.4 is 14.8 Å². The third-order valence-corrected chi connectivity index (χ3v) is 5.22. The number of carbonyl (C=O) groups is 1. The number of rotatable bonds is 7. The molecule has 1 fully saturated rings. The Hall–Kier alpha value is -2.28. The molecule has 6 nitrogen and oxygen atoms in total. The highest BCUT2D eigenvalue weighted by atomic mass is 35.5. The second kappa shape index (κ2) is 11.0. The monoisotopic (exact) mass is 419 g/mol. The lowest BCUT2D eigenvalue weighted by Crippen LogP contribution is -2.49. The zero-order chi connectivity index (χ0) is 19.9. The van der Waals surface area contributed by atoms with Gasteiger partial charge in [0.2, 0.25) is 5.91 Å². The molecule has 1 amide bonds. The first-order valence-corrected chi connectivity index (χ1v) is 9.57. The fourth-order valence-electron chi connectivity index (χ4n) is 3.66. The molecule has 0 spiro atoms. The van der Waals surface area contributed by atoms with Gasteiger partial charge in [0, 0.05) is 44.4 Å². The number of likely N-dealkylation sites (N-methyl/N-ethyl adjacent to an activating group) is 1. The lowest BCUT2D eigenvalue weighted by Gasteiger charge is -2.37. The molecule has 2 aromatic carbocycles. The third kappa shape index (κ3) is 5.63. The minimum absolute atomic E-state index is 0. The molecule has 0 aliphatic carbocycles. The number of ether oxygens (including phenoxy) is 2. The number of benzene rings is 2. The zero-order valence-corrected chi connectivity index (χ0v) is 18.1. The van der Waals surface area contributed by atoms with Crippen molar-refractivity contribution in [3.63, 3.8) is 0 Å². The number of amides is 1. The molecule has 1 atom stereocenters. The van der Waals surface area contributed by atoms with Crippen LogP contribution in [0.15, 0.2) is 48.5 Å². The number of carbonyl (C=O) groups excluding carboxylic acids is 1. The Bertz CT molecular complexity index is 802. The quantitative estimate of drug-likeness (QED) is 0.747. The molecule has 7 heteroatoms. The van der Waals surface area contributed by atoms with E-state index >= 15 is 0 Å². The predicted octanol–water partition coefficient (Wildman–Crippen LogP) is 2.73. The SMILES string of the molecule is COc1ccccc1CN(C)C(=O)CN1CCNCC1c1ccccc1OC.Cl. The third-order valence-electron chi connectivity index (χ3n) is 5.22. The van der Waals surface area contributed by atoms with Gasteiger partial charge in [0.05, 0.1) is 26.8 Å². The first kappa shape index (κ1) is 23.0. The van der Waals surface area contributed by atoms with Crippen LogP contribution in [0, 0.1) is 0 Å². The Kier molecular flexibility index (Phi) is 8.76. The molecule has 0 saturated carbocycles. The maximum Gasteiger partial charge on any atom is 0.236 e. The van der Waals surface area contributed by atoms with Crippen LogP contribution in [0.3, 0.4) is 0 Å². The van der Waals surface area contributed by atoms with Crippen molar-refractivity contribution in [2.45, 2.75) is 12.6 Å². The highest BCUT2D eigenvalue weighted by molar-refractivity contribution is 5.85. The van der Waals surface area contributed by atoms with Gasteiger partial charge in [-0.15, -0.1) is 12.4 Å². The largest absolute Gasteiger partial charge is 0.496 e. The molecule has 1 N–H and O–H groups in total. The fraction of sp³-hybridized carbons (Fsp3) is 0.409. The van der Waals surface area contributed by atoms with Crippen molar-refractivity contribution >= 4 is 18.3 Å². The van der Waals surface area contributed by atoms with Crippen molar-refractivity contribution in [2.24, 2.45) is 0 Å². The van der Waals surface area contributed by atoms with Crippen LogP contribution in [-0.4, -0.2) is 63.2 Å². The topological polar surface area (TPSA) is 54.0 Å². The molecular formula is C22H30ClN3O3. The van der Waals surface area contributed by atoms with E-state index in [-0.39, 0.29) is 24.4 Å². The van der Waals surface area contributed by atoms with Gasteiger partial charge in [0.25, 0.3) is 0 Å². The van der Waals surface area contributed by atoms with Crippen LogP contribution in [0.5, 0.6) is 11.5 Å². The number of methoxy groups -OCH3 is 2. The molecule has 2 aromatic rings. The minimum Gasteiger partial charge on any atom is -0.496 e. The van der Waals surface area contributed by atoms with E-state index in [1.54, 1.807) is 19.1 Å². The van der Waals surface area contributed by atoms with Gasteiger partial charge in [-0.1, -0.05) is 36.4 Å². The molecule has 0 radical (unpaired) electrons. The Morgan fingerprint density at radius 3 is 2.48 bits per heavy atom. The molecule has 158 valence electrons. The van der Waals surface area contributed by atoms with Crippen molar-refractivity contribution < 1.29 is 14.3 Å². The van der Waals surface area contributed by atoms with Crippen LogP contribution >= 0.6 is 12.4 Å². The molecule has 1 heterocycles. The number of halogens is 1. The second-order valence-corrected chi connectivity index (χ2v) is 6.99. The molecule has 1 unspecified atom stereocenters. The van der Waals surface area contributed by atoms with Gasteiger partial charge in [-0.3, -0.25) is 9.69 Å². The molecule has 1 saturated heterocycles. The summed E-state index contributed by atoms with van der Waals surface area (Å²) in [5.74, 6) is 1.75. The highest BCUT2D eigenvalue weighted by Crippen LogP contribution is 2.30. The Balaban J connectivity index is 0.00000300. The fourth-order valence-corrected chi connectivity index (χ4v) is 3.66. The Labute approximate surface area is 179 Å². The maximum absolute atomic E-state index is 12.9.